The van der Waals surface area contributed by atoms with E-state index in [0.29, 0.717) is 10.8 Å². The second-order valence-corrected chi connectivity index (χ2v) is 3.94. The van der Waals surface area contributed by atoms with Crippen LogP contribution < -0.4 is 0 Å². The van der Waals surface area contributed by atoms with Crippen LogP contribution in [0.5, 0.6) is 0 Å². The third-order valence-corrected chi connectivity index (χ3v) is 2.46. The summed E-state index contributed by atoms with van der Waals surface area (Å²) in [6.45, 7) is 0. The SMILES string of the molecule is O=[N+]([O-])c1ccc(CCI)c([N+](=O)[O-])c1F. The standard InChI is InChI=1S/C8H6FIN2O4/c9-7-6(11(13)14)2-1-5(3-4-10)8(7)12(15)16/h1-2H,3-4H2. The van der Waals surface area contributed by atoms with Gasteiger partial charge in [-0.05, 0) is 12.5 Å². The zero-order chi connectivity index (χ0) is 12.3. The van der Waals surface area contributed by atoms with Gasteiger partial charge >= 0.3 is 11.4 Å². The predicted octanol–water partition coefficient (Wildman–Crippen LogP) is 2.62. The maximum absolute atomic E-state index is 13.5. The molecule has 1 aromatic carbocycles. The molecule has 0 aliphatic rings. The summed E-state index contributed by atoms with van der Waals surface area (Å²) in [5, 5.41) is 21.0. The monoisotopic (exact) mass is 340 g/mol. The summed E-state index contributed by atoms with van der Waals surface area (Å²) < 4.78 is 14.0. The third-order valence-electron chi connectivity index (χ3n) is 1.92. The zero-order valence-corrected chi connectivity index (χ0v) is 10.0. The fraction of sp³-hybridized carbons (Fsp3) is 0.250. The van der Waals surface area contributed by atoms with Gasteiger partial charge in [0.1, 0.15) is 0 Å². The van der Waals surface area contributed by atoms with Crippen molar-refractivity contribution in [3.63, 3.8) is 0 Å². The number of nitrogens with zero attached hydrogens (tertiary/aromatic N) is 2. The Morgan fingerprint density at radius 1 is 1.25 bits per heavy atom. The molecule has 0 heterocycles. The van der Waals surface area contributed by atoms with Crippen LogP contribution in [0.2, 0.25) is 0 Å². The van der Waals surface area contributed by atoms with Crippen molar-refractivity contribution >= 4 is 34.0 Å². The van der Waals surface area contributed by atoms with Gasteiger partial charge in [0.05, 0.1) is 9.85 Å². The molecule has 0 bridgehead atoms. The average Bonchev–Trinajstić information content (AvgIpc) is 2.17. The van der Waals surface area contributed by atoms with Crippen LogP contribution in [0, 0.1) is 26.0 Å². The lowest BCUT2D eigenvalue weighted by atomic mass is 10.1. The van der Waals surface area contributed by atoms with Gasteiger partial charge in [0.15, 0.2) is 0 Å². The van der Waals surface area contributed by atoms with E-state index in [-0.39, 0.29) is 5.56 Å². The Kier molecular flexibility index (Phi) is 4.10. The molecular weight excluding hydrogens is 334 g/mol. The topological polar surface area (TPSA) is 86.3 Å². The van der Waals surface area contributed by atoms with Crippen molar-refractivity contribution in [1.29, 1.82) is 0 Å². The first kappa shape index (κ1) is 12.7. The lowest BCUT2D eigenvalue weighted by Gasteiger charge is -2.02. The maximum Gasteiger partial charge on any atom is 0.315 e. The summed E-state index contributed by atoms with van der Waals surface area (Å²) in [7, 11) is 0. The molecule has 0 radical (unpaired) electrons. The van der Waals surface area contributed by atoms with Gasteiger partial charge in [-0.1, -0.05) is 22.6 Å². The van der Waals surface area contributed by atoms with E-state index >= 15 is 0 Å². The minimum atomic E-state index is -1.38. The van der Waals surface area contributed by atoms with Crippen LogP contribution in [-0.4, -0.2) is 14.3 Å². The molecule has 16 heavy (non-hydrogen) atoms. The lowest BCUT2D eigenvalue weighted by Crippen LogP contribution is -2.03. The summed E-state index contributed by atoms with van der Waals surface area (Å²) in [5.41, 5.74) is -1.50. The molecule has 0 aliphatic heterocycles. The van der Waals surface area contributed by atoms with E-state index in [9.17, 15) is 24.6 Å². The smallest absolute Gasteiger partial charge is 0.258 e. The molecule has 0 aliphatic carbocycles. The number of hydrogen-bond donors (Lipinski definition) is 0. The summed E-state index contributed by atoms with van der Waals surface area (Å²) in [6, 6.07) is 2.17. The second kappa shape index (κ2) is 5.14. The highest BCUT2D eigenvalue weighted by atomic mass is 127. The summed E-state index contributed by atoms with van der Waals surface area (Å²) in [4.78, 5) is 19.1. The number of halogens is 2. The van der Waals surface area contributed by atoms with Gasteiger partial charge in [-0.15, -0.1) is 0 Å². The Morgan fingerprint density at radius 3 is 2.31 bits per heavy atom. The molecule has 0 fully saturated rings. The van der Waals surface area contributed by atoms with Crippen LogP contribution in [-0.2, 0) is 6.42 Å². The number of nitro groups is 2. The molecule has 0 saturated heterocycles. The van der Waals surface area contributed by atoms with Crippen LogP contribution in [0.3, 0.4) is 0 Å². The van der Waals surface area contributed by atoms with E-state index in [2.05, 4.69) is 0 Å². The quantitative estimate of drug-likeness (QED) is 0.365. The highest BCUT2D eigenvalue weighted by Gasteiger charge is 2.28. The van der Waals surface area contributed by atoms with Crippen LogP contribution in [0.4, 0.5) is 15.8 Å². The first-order valence-corrected chi connectivity index (χ1v) is 5.67. The molecular formula is C8H6FIN2O4. The van der Waals surface area contributed by atoms with E-state index in [1.54, 1.807) is 0 Å². The van der Waals surface area contributed by atoms with Crippen molar-refractivity contribution < 1.29 is 14.2 Å². The number of benzene rings is 1. The van der Waals surface area contributed by atoms with Crippen molar-refractivity contribution in [2.75, 3.05) is 4.43 Å². The first-order valence-electron chi connectivity index (χ1n) is 4.15. The average molecular weight is 340 g/mol. The molecule has 0 N–H and O–H groups in total. The van der Waals surface area contributed by atoms with Crippen LogP contribution >= 0.6 is 22.6 Å². The fourth-order valence-corrected chi connectivity index (χ4v) is 1.82. The van der Waals surface area contributed by atoms with Crippen LogP contribution in [0.1, 0.15) is 5.56 Å². The third kappa shape index (κ3) is 2.43. The molecule has 0 spiro atoms. The van der Waals surface area contributed by atoms with Crippen molar-refractivity contribution in [3.05, 3.63) is 43.7 Å². The van der Waals surface area contributed by atoms with Crippen molar-refractivity contribution in [2.24, 2.45) is 0 Å². The van der Waals surface area contributed by atoms with Gasteiger partial charge in [-0.3, -0.25) is 20.2 Å². The summed E-state index contributed by atoms with van der Waals surface area (Å²) in [5.74, 6) is -1.38. The number of rotatable bonds is 4. The Morgan fingerprint density at radius 2 is 1.88 bits per heavy atom. The molecule has 8 heteroatoms. The fourth-order valence-electron chi connectivity index (χ4n) is 1.24. The van der Waals surface area contributed by atoms with Gasteiger partial charge in [0, 0.05) is 16.1 Å². The minimum Gasteiger partial charge on any atom is -0.258 e. The van der Waals surface area contributed by atoms with Crippen LogP contribution in [0.25, 0.3) is 0 Å². The van der Waals surface area contributed by atoms with Gasteiger partial charge < -0.3 is 0 Å². The number of hydrogen-bond acceptors (Lipinski definition) is 4. The van der Waals surface area contributed by atoms with E-state index in [0.717, 1.165) is 6.07 Å². The summed E-state index contributed by atoms with van der Waals surface area (Å²) in [6.07, 6.45) is 0.297. The Balaban J connectivity index is 3.41. The molecule has 86 valence electrons. The Hall–Kier alpha value is -1.32. The molecule has 0 saturated carbocycles. The highest BCUT2D eigenvalue weighted by molar-refractivity contribution is 14.1. The Labute approximate surface area is 103 Å². The summed E-state index contributed by atoms with van der Waals surface area (Å²) >= 11 is 1.99. The number of nitro benzene ring substituents is 2. The van der Waals surface area contributed by atoms with Gasteiger partial charge in [0.25, 0.3) is 5.82 Å². The van der Waals surface area contributed by atoms with Crippen molar-refractivity contribution in [1.82, 2.24) is 0 Å². The molecule has 6 nitrogen and oxygen atoms in total. The highest BCUT2D eigenvalue weighted by Crippen LogP contribution is 2.30. The largest absolute Gasteiger partial charge is 0.315 e. The minimum absolute atomic E-state index is 0.169. The van der Waals surface area contributed by atoms with Gasteiger partial charge in [0.2, 0.25) is 0 Å². The lowest BCUT2D eigenvalue weighted by molar-refractivity contribution is -0.399. The van der Waals surface area contributed by atoms with E-state index < -0.39 is 27.0 Å². The molecule has 1 rings (SSSR count). The number of alkyl halides is 1. The number of aryl methyl sites for hydroxylation is 1. The molecule has 0 unspecified atom stereocenters. The van der Waals surface area contributed by atoms with Gasteiger partial charge in [-0.25, -0.2) is 0 Å². The maximum atomic E-state index is 13.5. The predicted molar refractivity (Wildman–Crippen MR) is 62.3 cm³/mol. The second-order valence-electron chi connectivity index (χ2n) is 2.86. The van der Waals surface area contributed by atoms with Crippen molar-refractivity contribution in [2.45, 2.75) is 6.42 Å². The van der Waals surface area contributed by atoms with E-state index in [4.69, 9.17) is 0 Å². The Bertz CT molecular complexity index is 452. The molecule has 1 aromatic rings. The molecule has 0 aromatic heterocycles. The van der Waals surface area contributed by atoms with E-state index in [1.165, 1.54) is 6.07 Å². The van der Waals surface area contributed by atoms with E-state index in [1.807, 2.05) is 22.6 Å². The van der Waals surface area contributed by atoms with Gasteiger partial charge in [-0.2, -0.15) is 4.39 Å². The zero-order valence-electron chi connectivity index (χ0n) is 7.85. The molecule has 0 amide bonds. The van der Waals surface area contributed by atoms with Crippen molar-refractivity contribution in [3.8, 4) is 0 Å². The van der Waals surface area contributed by atoms with Crippen LogP contribution in [0.15, 0.2) is 12.1 Å². The first-order chi connectivity index (χ1) is 7.49. The molecule has 0 atom stereocenters. The normalized spacial score (nSPS) is 10.1.